The summed E-state index contributed by atoms with van der Waals surface area (Å²) < 4.78 is 15.2. The van der Waals surface area contributed by atoms with Crippen LogP contribution >= 0.6 is 11.6 Å². The molecule has 2 heterocycles. The van der Waals surface area contributed by atoms with Crippen LogP contribution in [0, 0.1) is 6.10 Å². The second kappa shape index (κ2) is 8.90. The molecule has 142 valence electrons. The molecule has 0 amide bonds. The Hall–Kier alpha value is 0.850. The van der Waals surface area contributed by atoms with Crippen molar-refractivity contribution in [2.45, 2.75) is 47.7 Å². The molecule has 0 saturated carbocycles. The monoisotopic (exact) mass is 398 g/mol. The van der Waals surface area contributed by atoms with E-state index in [2.05, 4.69) is 0 Å². The number of hydrogen-bond donors (Lipinski definition) is 8. The van der Waals surface area contributed by atoms with Crippen LogP contribution in [0.25, 0.3) is 0 Å². The third-order valence-corrected chi connectivity index (χ3v) is 4.34. The Morgan fingerprint density at radius 1 is 0.960 bits per heavy atom. The van der Waals surface area contributed by atoms with Crippen LogP contribution in [0.4, 0.5) is 0 Å². The number of halogens is 1. The molecule has 2 rings (SSSR count). The molecule has 0 aromatic heterocycles. The van der Waals surface area contributed by atoms with Crippen molar-refractivity contribution in [1.82, 2.24) is 0 Å². The van der Waals surface area contributed by atoms with E-state index in [0.29, 0.717) is 0 Å². The van der Waals surface area contributed by atoms with Crippen LogP contribution < -0.4 is 29.6 Å². The fourth-order valence-electron chi connectivity index (χ4n) is 2.56. The number of hydrogen-bond acceptors (Lipinski definition) is 11. The zero-order valence-electron chi connectivity index (χ0n) is 13.3. The van der Waals surface area contributed by atoms with E-state index in [9.17, 15) is 30.6 Å². The summed E-state index contributed by atoms with van der Waals surface area (Å²) >= 11 is 5.95. The molecule has 2 fully saturated rings. The normalized spacial score (nSPS) is 48.4. The van der Waals surface area contributed by atoms with Gasteiger partial charge in [-0.1, -0.05) is 17.7 Å². The number of ether oxygens (including phenoxy) is 3. The second-order valence-electron chi connectivity index (χ2n) is 5.54. The number of rotatable bonds is 5. The summed E-state index contributed by atoms with van der Waals surface area (Å²) in [6.07, 6.45) is -11.2. The number of aliphatic hydroxyl groups excluding tert-OH is 8. The molecule has 0 aromatic rings. The van der Waals surface area contributed by atoms with Crippen molar-refractivity contribution < 1.29 is 84.6 Å². The minimum Gasteiger partial charge on any atom is -0.554 e. The van der Waals surface area contributed by atoms with Gasteiger partial charge in [0.2, 0.25) is 5.79 Å². The average Bonchev–Trinajstić information content (AvgIpc) is 2.81. The maximum absolute atomic E-state index is 10.0. The Kier molecular flexibility index (Phi) is 8.51. The van der Waals surface area contributed by atoms with Crippen LogP contribution in [0.5, 0.6) is 0 Å². The van der Waals surface area contributed by atoms with E-state index in [1.54, 1.807) is 0 Å². The van der Waals surface area contributed by atoms with E-state index in [4.69, 9.17) is 36.0 Å². The Balaban J connectivity index is 0.00000312. The first-order valence-corrected chi connectivity index (χ1v) is 7.39. The molecule has 8 atom stereocenters. The molecule has 0 bridgehead atoms. The largest absolute Gasteiger partial charge is 1.00 e. The summed E-state index contributed by atoms with van der Waals surface area (Å²) in [7, 11) is 0. The van der Waals surface area contributed by atoms with Gasteiger partial charge in [-0.2, -0.15) is 0 Å². The summed E-state index contributed by atoms with van der Waals surface area (Å²) in [5, 5.41) is 74.3. The van der Waals surface area contributed by atoms with E-state index in [1.165, 1.54) is 0 Å². The average molecular weight is 399 g/mol. The Morgan fingerprint density at radius 2 is 1.48 bits per heavy atom. The van der Waals surface area contributed by atoms with Crippen molar-refractivity contribution >= 4 is 11.6 Å². The first-order valence-electron chi connectivity index (χ1n) is 7.01. The van der Waals surface area contributed by atoms with Crippen molar-refractivity contribution in [3.05, 3.63) is 6.10 Å². The summed E-state index contributed by atoms with van der Waals surface area (Å²) in [5.74, 6) is -2.41. The van der Waals surface area contributed by atoms with Gasteiger partial charge in [0, 0.05) is 0 Å². The van der Waals surface area contributed by atoms with E-state index in [0.717, 1.165) is 0 Å². The molecule has 2 aliphatic heterocycles. The molecule has 0 aromatic carbocycles. The fraction of sp³-hybridized carbons (Fsp3) is 0.917. The molecule has 2 saturated heterocycles. The topological polar surface area (TPSA) is 190 Å². The molecule has 2 aliphatic rings. The predicted molar refractivity (Wildman–Crippen MR) is 72.6 cm³/mol. The molecule has 25 heavy (non-hydrogen) atoms. The van der Waals surface area contributed by atoms with Gasteiger partial charge in [0.05, 0.1) is 19.3 Å². The van der Waals surface area contributed by atoms with E-state index in [-0.39, 0.29) is 29.6 Å². The summed E-state index contributed by atoms with van der Waals surface area (Å²) in [4.78, 5) is 0. The Labute approximate surface area is 169 Å². The maximum atomic E-state index is 10.0. The van der Waals surface area contributed by atoms with Crippen molar-refractivity contribution in [2.75, 3.05) is 19.8 Å². The van der Waals surface area contributed by atoms with Crippen LogP contribution in [-0.4, -0.2) is 108 Å². The predicted octanol–water partition coefficient (Wildman–Crippen LogP) is -7.28. The zero-order valence-corrected chi connectivity index (χ0v) is 16.0. The van der Waals surface area contributed by atoms with Crippen LogP contribution in [-0.2, 0) is 14.2 Å². The van der Waals surface area contributed by atoms with Crippen LogP contribution in [0.1, 0.15) is 0 Å². The maximum Gasteiger partial charge on any atom is 1.00 e. The van der Waals surface area contributed by atoms with Crippen molar-refractivity contribution in [2.24, 2.45) is 0 Å². The van der Waals surface area contributed by atoms with Crippen molar-refractivity contribution in [1.29, 1.82) is 0 Å². The quantitative estimate of drug-likeness (QED) is 0.125. The molecule has 1 unspecified atom stereocenters. The van der Waals surface area contributed by atoms with Gasteiger partial charge in [-0.25, -0.2) is 0 Å². The molecule has 0 aliphatic carbocycles. The Bertz CT molecular complexity index is 445. The van der Waals surface area contributed by atoms with Gasteiger partial charge in [-0.3, -0.25) is 0 Å². The molecular formula is C12H20ClNaO11. The van der Waals surface area contributed by atoms with Gasteiger partial charge >= 0.3 is 29.6 Å². The molecule has 13 heteroatoms. The minimum atomic E-state index is -2.72. The third-order valence-electron chi connectivity index (χ3n) is 3.98. The number of alkyl halides is 1. The Morgan fingerprint density at radius 3 is 1.92 bits per heavy atom. The molecular weight excluding hydrogens is 379 g/mol. The van der Waals surface area contributed by atoms with Gasteiger partial charge in [0.25, 0.3) is 0 Å². The molecule has 0 spiro atoms. The summed E-state index contributed by atoms with van der Waals surface area (Å²) in [6, 6.07) is 0. The zero-order chi connectivity index (χ0) is 18.3. The van der Waals surface area contributed by atoms with Gasteiger partial charge in [-0.15, -0.1) is 0 Å². The van der Waals surface area contributed by atoms with Crippen LogP contribution in [0.3, 0.4) is 0 Å². The first-order chi connectivity index (χ1) is 11.2. The van der Waals surface area contributed by atoms with E-state index < -0.39 is 73.6 Å². The van der Waals surface area contributed by atoms with E-state index >= 15 is 0 Å². The van der Waals surface area contributed by atoms with E-state index in [1.807, 2.05) is 0 Å². The van der Waals surface area contributed by atoms with Crippen LogP contribution in [0.2, 0.25) is 0 Å². The SMILES string of the molecule is OC[C@H]1OC(CO)(O[C@]2(Cl)O[C@H](CO)[C@@H](O)[C@H](O)[C-]2O)[C@@H](O)[C@@H]1O.[Na+]. The smallest absolute Gasteiger partial charge is 0.554 e. The third kappa shape index (κ3) is 4.16. The van der Waals surface area contributed by atoms with Crippen molar-refractivity contribution in [3.63, 3.8) is 0 Å². The molecule has 0 radical (unpaired) electrons. The van der Waals surface area contributed by atoms with Crippen molar-refractivity contribution in [3.8, 4) is 0 Å². The summed E-state index contributed by atoms with van der Waals surface area (Å²) in [5.41, 5.74) is 0. The molecule has 8 N–H and O–H groups in total. The number of aliphatic hydroxyl groups is 8. The summed E-state index contributed by atoms with van der Waals surface area (Å²) in [6.45, 7) is -2.61. The second-order valence-corrected chi connectivity index (χ2v) is 6.04. The fourth-order valence-corrected chi connectivity index (χ4v) is 2.92. The first kappa shape index (κ1) is 23.9. The van der Waals surface area contributed by atoms with Gasteiger partial charge in [-0.05, 0) is 6.10 Å². The van der Waals surface area contributed by atoms with Crippen LogP contribution in [0.15, 0.2) is 0 Å². The van der Waals surface area contributed by atoms with Gasteiger partial charge < -0.3 is 55.1 Å². The van der Waals surface area contributed by atoms with Gasteiger partial charge in [0.1, 0.15) is 31.0 Å². The molecule has 11 nitrogen and oxygen atoms in total. The minimum absolute atomic E-state index is 0. The standard InChI is InChI=1S/C12H20ClO11.Na/c13-12(10(21)8(19)6(17)4(1-14)23-12)24-11(3-16)9(20)7(18)5(2-15)22-11;/h4-9,14-21H,1-3H2;/q-1;+1/t4-,5-,6-,7-,8+,9+,11?,12-;/m1./s1. The van der Waals surface area contributed by atoms with Gasteiger partial charge in [0.15, 0.2) is 5.25 Å².